The molecule has 0 saturated carbocycles. The van der Waals surface area contributed by atoms with Crippen molar-refractivity contribution in [1.82, 2.24) is 24.4 Å². The molecule has 178 valence electrons. The fourth-order valence-electron chi connectivity index (χ4n) is 3.21. The maximum absolute atomic E-state index is 13.9. The van der Waals surface area contributed by atoms with Gasteiger partial charge in [-0.3, -0.25) is 9.48 Å². The third kappa shape index (κ3) is 4.74. The molecule has 1 aromatic carbocycles. The molecule has 0 aliphatic rings. The van der Waals surface area contributed by atoms with Crippen molar-refractivity contribution in [3.05, 3.63) is 76.1 Å². The van der Waals surface area contributed by atoms with Gasteiger partial charge in [-0.1, -0.05) is 50.6 Å². The minimum absolute atomic E-state index is 0.0422. The molecule has 0 unspecified atom stereocenters. The van der Waals surface area contributed by atoms with E-state index in [1.54, 1.807) is 39.0 Å². The number of amides is 1. The molecule has 12 heteroatoms. The lowest BCUT2D eigenvalue weighted by Crippen LogP contribution is -2.20. The topological polar surface area (TPSA) is 77.1 Å². The van der Waals surface area contributed by atoms with Gasteiger partial charge in [0.15, 0.2) is 17.2 Å². The molecule has 0 atom stereocenters. The second-order valence-corrected chi connectivity index (χ2v) is 9.05. The molecule has 0 aliphatic heterocycles. The molecule has 0 bridgehead atoms. The van der Waals surface area contributed by atoms with Crippen molar-refractivity contribution in [2.45, 2.75) is 38.9 Å². The van der Waals surface area contributed by atoms with E-state index in [4.69, 9.17) is 11.6 Å². The molecule has 0 spiro atoms. The third-order valence-electron chi connectivity index (χ3n) is 4.96. The molecular formula is C22H19ClF4N6O. The maximum atomic E-state index is 13.9. The largest absolute Gasteiger partial charge is 0.433 e. The molecule has 0 saturated heterocycles. The first-order valence-corrected chi connectivity index (χ1v) is 10.5. The molecule has 0 fully saturated rings. The maximum Gasteiger partial charge on any atom is 0.433 e. The number of nitrogens with one attached hydrogen (secondary N) is 1. The highest BCUT2D eigenvalue weighted by Crippen LogP contribution is 2.33. The summed E-state index contributed by atoms with van der Waals surface area (Å²) in [5.74, 6) is -1.29. The summed E-state index contributed by atoms with van der Waals surface area (Å²) in [5.41, 5.74) is -1.57. The van der Waals surface area contributed by atoms with Gasteiger partial charge in [-0.2, -0.15) is 23.4 Å². The van der Waals surface area contributed by atoms with Gasteiger partial charge in [0.2, 0.25) is 0 Å². The van der Waals surface area contributed by atoms with E-state index in [-0.39, 0.29) is 34.4 Å². The van der Waals surface area contributed by atoms with E-state index >= 15 is 0 Å². The van der Waals surface area contributed by atoms with Crippen LogP contribution >= 0.6 is 11.6 Å². The van der Waals surface area contributed by atoms with Gasteiger partial charge in [-0.15, -0.1) is 0 Å². The van der Waals surface area contributed by atoms with Crippen molar-refractivity contribution in [2.75, 3.05) is 5.32 Å². The number of alkyl halides is 3. The number of benzene rings is 1. The fourth-order valence-corrected chi connectivity index (χ4v) is 3.40. The van der Waals surface area contributed by atoms with Crippen molar-refractivity contribution >= 4 is 29.0 Å². The molecule has 4 aromatic rings. The van der Waals surface area contributed by atoms with Gasteiger partial charge >= 0.3 is 6.18 Å². The average molecular weight is 495 g/mol. The Morgan fingerprint density at radius 1 is 1.12 bits per heavy atom. The summed E-state index contributed by atoms with van der Waals surface area (Å²) >= 11 is 6.14. The fraction of sp³-hybridized carbons (Fsp3) is 0.273. The first-order chi connectivity index (χ1) is 15.8. The number of nitrogens with zero attached hydrogens (tertiary/aromatic N) is 5. The van der Waals surface area contributed by atoms with Crippen LogP contribution in [-0.2, 0) is 18.1 Å². The molecule has 1 N–H and O–H groups in total. The Balaban J connectivity index is 1.64. The van der Waals surface area contributed by atoms with E-state index < -0.39 is 29.0 Å². The Bertz CT molecular complexity index is 1390. The average Bonchev–Trinajstić information content (AvgIpc) is 3.31. The summed E-state index contributed by atoms with van der Waals surface area (Å²) < 4.78 is 56.8. The summed E-state index contributed by atoms with van der Waals surface area (Å²) in [5, 5.41) is 10.4. The molecule has 34 heavy (non-hydrogen) atoms. The zero-order valence-electron chi connectivity index (χ0n) is 18.3. The lowest BCUT2D eigenvalue weighted by atomic mass is 9.91. The van der Waals surface area contributed by atoms with Crippen LogP contribution in [0.2, 0.25) is 5.02 Å². The van der Waals surface area contributed by atoms with Crippen molar-refractivity contribution in [3.8, 4) is 0 Å². The lowest BCUT2D eigenvalue weighted by molar-refractivity contribution is -0.142. The van der Waals surface area contributed by atoms with E-state index in [1.165, 1.54) is 16.9 Å². The number of anilines is 1. The third-order valence-corrected chi connectivity index (χ3v) is 5.23. The highest BCUT2D eigenvalue weighted by Gasteiger charge is 2.36. The smallest absolute Gasteiger partial charge is 0.302 e. The zero-order chi connectivity index (χ0) is 24.8. The molecule has 7 nitrogen and oxygen atoms in total. The van der Waals surface area contributed by atoms with Gasteiger partial charge < -0.3 is 5.32 Å². The monoisotopic (exact) mass is 494 g/mol. The molecular weight excluding hydrogens is 476 g/mol. The van der Waals surface area contributed by atoms with Crippen molar-refractivity contribution in [3.63, 3.8) is 0 Å². The van der Waals surface area contributed by atoms with E-state index in [0.717, 1.165) is 12.1 Å². The SMILES string of the molecule is CC(C)(C)c1cc(C(F)(F)F)n2nc(C(=O)Nc3nn(Cc4ccccc4F)cc3Cl)cc2n1. The van der Waals surface area contributed by atoms with Gasteiger partial charge in [0.05, 0.1) is 12.2 Å². The van der Waals surface area contributed by atoms with E-state index in [0.29, 0.717) is 10.1 Å². The van der Waals surface area contributed by atoms with Crippen molar-refractivity contribution in [1.29, 1.82) is 0 Å². The Kier molecular flexibility index (Phi) is 5.84. The number of aromatic nitrogens is 5. The second kappa shape index (κ2) is 8.39. The summed E-state index contributed by atoms with van der Waals surface area (Å²) in [4.78, 5) is 17.0. The Morgan fingerprint density at radius 2 is 1.82 bits per heavy atom. The number of hydrogen-bond donors (Lipinski definition) is 1. The number of carbonyl (C=O) groups is 1. The Morgan fingerprint density at radius 3 is 2.47 bits per heavy atom. The number of rotatable bonds is 4. The molecule has 3 heterocycles. The molecule has 1 amide bonds. The Labute approximate surface area is 196 Å². The zero-order valence-corrected chi connectivity index (χ0v) is 19.0. The highest BCUT2D eigenvalue weighted by atomic mass is 35.5. The quantitative estimate of drug-likeness (QED) is 0.389. The standard InChI is InChI=1S/C22H19ClF4N6O/c1-21(2,3)16-9-17(22(25,26)27)33-18(28-16)8-15(30-33)20(34)29-19-13(23)11-32(31-19)10-12-6-4-5-7-14(12)24/h4-9,11H,10H2,1-3H3,(H,29,31,34). The minimum atomic E-state index is -4.71. The van der Waals surface area contributed by atoms with Crippen LogP contribution in [0.15, 0.2) is 42.6 Å². The summed E-state index contributed by atoms with van der Waals surface area (Å²) in [6.07, 6.45) is -3.32. The summed E-state index contributed by atoms with van der Waals surface area (Å²) in [6, 6.07) is 8.19. The highest BCUT2D eigenvalue weighted by molar-refractivity contribution is 6.33. The van der Waals surface area contributed by atoms with Gasteiger partial charge in [-0.25, -0.2) is 13.9 Å². The van der Waals surface area contributed by atoms with Gasteiger partial charge in [0.1, 0.15) is 16.5 Å². The van der Waals surface area contributed by atoms with Crippen molar-refractivity contribution in [2.24, 2.45) is 0 Å². The van der Waals surface area contributed by atoms with E-state index in [1.807, 2.05) is 0 Å². The van der Waals surface area contributed by atoms with Crippen LogP contribution in [0.5, 0.6) is 0 Å². The van der Waals surface area contributed by atoms with E-state index in [9.17, 15) is 22.4 Å². The molecule has 4 rings (SSSR count). The predicted molar refractivity (Wildman–Crippen MR) is 117 cm³/mol. The van der Waals surface area contributed by atoms with Crippen LogP contribution in [0.1, 0.15) is 48.2 Å². The van der Waals surface area contributed by atoms with Crippen molar-refractivity contribution < 1.29 is 22.4 Å². The summed E-state index contributed by atoms with van der Waals surface area (Å²) in [6.45, 7) is 5.26. The van der Waals surface area contributed by atoms with Gasteiger partial charge in [0.25, 0.3) is 5.91 Å². The number of carbonyl (C=O) groups excluding carboxylic acids is 1. The predicted octanol–water partition coefficient (Wildman–Crippen LogP) is 5.34. The Hall–Kier alpha value is -3.47. The van der Waals surface area contributed by atoms with Crippen LogP contribution in [0.4, 0.5) is 23.4 Å². The molecule has 0 radical (unpaired) electrons. The molecule has 3 aromatic heterocycles. The normalized spacial score (nSPS) is 12.4. The van der Waals surface area contributed by atoms with Crippen LogP contribution in [0, 0.1) is 5.82 Å². The van der Waals surface area contributed by atoms with E-state index in [2.05, 4.69) is 20.5 Å². The van der Waals surface area contributed by atoms with Crippen LogP contribution in [-0.4, -0.2) is 30.3 Å². The summed E-state index contributed by atoms with van der Waals surface area (Å²) in [7, 11) is 0. The van der Waals surface area contributed by atoms with Gasteiger partial charge in [0, 0.05) is 23.2 Å². The molecule has 0 aliphatic carbocycles. The second-order valence-electron chi connectivity index (χ2n) is 8.64. The number of fused-ring (bicyclic) bond motifs is 1. The lowest BCUT2D eigenvalue weighted by Gasteiger charge is -2.19. The first kappa shape index (κ1) is 23.7. The van der Waals surface area contributed by atoms with Crippen LogP contribution in [0.25, 0.3) is 5.65 Å². The van der Waals surface area contributed by atoms with Gasteiger partial charge in [-0.05, 0) is 12.1 Å². The first-order valence-electron chi connectivity index (χ1n) is 10.1. The van der Waals surface area contributed by atoms with Crippen LogP contribution in [0.3, 0.4) is 0 Å². The number of halogens is 5. The van der Waals surface area contributed by atoms with Crippen LogP contribution < -0.4 is 5.32 Å². The minimum Gasteiger partial charge on any atom is -0.302 e. The number of hydrogen-bond acceptors (Lipinski definition) is 4.